The number of aromatic nitrogens is 2. The maximum absolute atomic E-state index is 12.8. The van der Waals surface area contributed by atoms with E-state index in [4.69, 9.17) is 21.1 Å². The van der Waals surface area contributed by atoms with Crippen LogP contribution in [0.25, 0.3) is 5.69 Å². The van der Waals surface area contributed by atoms with Gasteiger partial charge in [-0.05, 0) is 24.3 Å². The molecule has 1 aromatic heterocycles. The van der Waals surface area contributed by atoms with Gasteiger partial charge in [-0.2, -0.15) is 0 Å². The van der Waals surface area contributed by atoms with Crippen molar-refractivity contribution < 1.29 is 9.47 Å². The largest absolute Gasteiger partial charge is 0.493 e. The molecule has 1 heterocycles. The molecule has 0 radical (unpaired) electrons. The van der Waals surface area contributed by atoms with Crippen molar-refractivity contribution in [2.24, 2.45) is 0 Å². The summed E-state index contributed by atoms with van der Waals surface area (Å²) in [6.45, 7) is 0. The first kappa shape index (κ1) is 17.4. The first-order valence-corrected chi connectivity index (χ1v) is 8.56. The predicted molar refractivity (Wildman–Crippen MR) is 98.5 cm³/mol. The summed E-state index contributed by atoms with van der Waals surface area (Å²) in [4.78, 5) is 17.8. The Morgan fingerprint density at radius 3 is 2.56 bits per heavy atom. The fourth-order valence-corrected chi connectivity index (χ4v) is 3.34. The molecule has 7 heteroatoms. The second kappa shape index (κ2) is 7.63. The molecule has 3 rings (SSSR count). The van der Waals surface area contributed by atoms with Gasteiger partial charge in [0, 0.05) is 23.4 Å². The number of hydrogen-bond donors (Lipinski definition) is 0. The highest BCUT2D eigenvalue weighted by molar-refractivity contribution is 7.99. The summed E-state index contributed by atoms with van der Waals surface area (Å²) in [5.41, 5.74) is 0.422. The van der Waals surface area contributed by atoms with E-state index in [0.29, 0.717) is 27.2 Å². The first-order valence-electron chi connectivity index (χ1n) is 7.36. The van der Waals surface area contributed by atoms with Crippen LogP contribution in [-0.2, 0) is 0 Å². The molecule has 0 amide bonds. The van der Waals surface area contributed by atoms with Crippen molar-refractivity contribution >= 4 is 23.4 Å². The number of halogens is 1. The second-order valence-electron chi connectivity index (χ2n) is 4.98. The zero-order chi connectivity index (χ0) is 17.8. The molecule has 25 heavy (non-hydrogen) atoms. The van der Waals surface area contributed by atoms with Gasteiger partial charge in [-0.15, -0.1) is 0 Å². The van der Waals surface area contributed by atoms with Gasteiger partial charge in [0.1, 0.15) is 0 Å². The molecule has 0 N–H and O–H groups in total. The predicted octanol–water partition coefficient (Wildman–Crippen LogP) is 4.05. The highest BCUT2D eigenvalue weighted by Gasteiger charge is 2.12. The molecular formula is C18H15ClN2O3S. The standard InChI is InChI=1S/C18H15ClN2O3S/c1-23-14-8-7-12(11-15(14)24-2)21-10-9-20-17(18(21)22)25-16-6-4-3-5-13(16)19/h3-11H,1-2H3. The zero-order valence-electron chi connectivity index (χ0n) is 13.6. The smallest absolute Gasteiger partial charge is 0.287 e. The van der Waals surface area contributed by atoms with Crippen LogP contribution >= 0.6 is 23.4 Å². The normalized spacial score (nSPS) is 10.5. The number of hydrogen-bond acceptors (Lipinski definition) is 5. The Morgan fingerprint density at radius 1 is 1.08 bits per heavy atom. The lowest BCUT2D eigenvalue weighted by atomic mass is 10.2. The molecule has 0 unspecified atom stereocenters. The molecule has 5 nitrogen and oxygen atoms in total. The highest BCUT2D eigenvalue weighted by atomic mass is 35.5. The monoisotopic (exact) mass is 374 g/mol. The van der Waals surface area contributed by atoms with Crippen molar-refractivity contribution in [3.8, 4) is 17.2 Å². The Kier molecular flexibility index (Phi) is 5.31. The lowest BCUT2D eigenvalue weighted by molar-refractivity contribution is 0.355. The molecule has 0 aliphatic rings. The molecular weight excluding hydrogens is 360 g/mol. The Balaban J connectivity index is 2.02. The van der Waals surface area contributed by atoms with E-state index >= 15 is 0 Å². The average Bonchev–Trinajstić information content (AvgIpc) is 2.64. The van der Waals surface area contributed by atoms with Gasteiger partial charge in [0.25, 0.3) is 5.56 Å². The summed E-state index contributed by atoms with van der Waals surface area (Å²) in [5, 5.41) is 0.917. The van der Waals surface area contributed by atoms with Crippen molar-refractivity contribution in [1.82, 2.24) is 9.55 Å². The first-order chi connectivity index (χ1) is 12.1. The van der Waals surface area contributed by atoms with Crippen LogP contribution in [0.5, 0.6) is 11.5 Å². The molecule has 0 bridgehead atoms. The Morgan fingerprint density at radius 2 is 1.84 bits per heavy atom. The average molecular weight is 375 g/mol. The van der Waals surface area contributed by atoms with Gasteiger partial charge < -0.3 is 9.47 Å². The topological polar surface area (TPSA) is 53.4 Å². The molecule has 0 saturated carbocycles. The minimum Gasteiger partial charge on any atom is -0.493 e. The van der Waals surface area contributed by atoms with E-state index < -0.39 is 0 Å². The number of methoxy groups -OCH3 is 2. The van der Waals surface area contributed by atoms with Crippen molar-refractivity contribution in [3.05, 3.63) is 70.2 Å². The zero-order valence-corrected chi connectivity index (χ0v) is 15.2. The van der Waals surface area contributed by atoms with Crippen molar-refractivity contribution in [1.29, 1.82) is 0 Å². The van der Waals surface area contributed by atoms with Gasteiger partial charge in [-0.3, -0.25) is 9.36 Å². The molecule has 128 valence electrons. The SMILES string of the molecule is COc1ccc(-n2ccnc(Sc3ccccc3Cl)c2=O)cc1OC. The van der Waals surface area contributed by atoms with Crippen LogP contribution in [0.1, 0.15) is 0 Å². The maximum Gasteiger partial charge on any atom is 0.287 e. The van der Waals surface area contributed by atoms with E-state index in [-0.39, 0.29) is 5.56 Å². The lowest BCUT2D eigenvalue weighted by Crippen LogP contribution is -2.20. The number of rotatable bonds is 5. The van der Waals surface area contributed by atoms with Crippen molar-refractivity contribution in [3.63, 3.8) is 0 Å². The molecule has 0 atom stereocenters. The minimum absolute atomic E-state index is 0.236. The van der Waals surface area contributed by atoms with Crippen LogP contribution in [0, 0.1) is 0 Å². The third kappa shape index (κ3) is 3.65. The summed E-state index contributed by atoms with van der Waals surface area (Å²) >= 11 is 7.40. The summed E-state index contributed by atoms with van der Waals surface area (Å²) in [6.07, 6.45) is 3.19. The molecule has 0 fully saturated rings. The molecule has 0 spiro atoms. The third-order valence-corrected chi connectivity index (χ3v) is 4.99. The van der Waals surface area contributed by atoms with Crippen molar-refractivity contribution in [2.45, 2.75) is 9.92 Å². The van der Waals surface area contributed by atoms with Gasteiger partial charge in [-0.25, -0.2) is 4.98 Å². The molecule has 0 aliphatic heterocycles. The molecule has 0 saturated heterocycles. The Bertz CT molecular complexity index is 959. The second-order valence-corrected chi connectivity index (χ2v) is 6.42. The number of ether oxygens (including phenoxy) is 2. The number of benzene rings is 2. The van der Waals surface area contributed by atoms with Crippen LogP contribution in [0.3, 0.4) is 0 Å². The molecule has 3 aromatic rings. The number of nitrogens with zero attached hydrogens (tertiary/aromatic N) is 2. The van der Waals surface area contributed by atoms with Gasteiger partial charge in [0.2, 0.25) is 0 Å². The van der Waals surface area contributed by atoms with E-state index in [1.54, 1.807) is 50.9 Å². The Labute approximate surface area is 154 Å². The maximum atomic E-state index is 12.8. The fourth-order valence-electron chi connectivity index (χ4n) is 2.27. The summed E-state index contributed by atoms with van der Waals surface area (Å²) < 4.78 is 12.0. The van der Waals surface area contributed by atoms with Gasteiger partial charge in [-0.1, -0.05) is 35.5 Å². The van der Waals surface area contributed by atoms with Crippen molar-refractivity contribution in [2.75, 3.05) is 14.2 Å². The summed E-state index contributed by atoms with van der Waals surface area (Å²) in [7, 11) is 3.12. The van der Waals surface area contributed by atoms with Gasteiger partial charge in [0.05, 0.1) is 24.9 Å². The van der Waals surface area contributed by atoms with Gasteiger partial charge >= 0.3 is 0 Å². The summed E-state index contributed by atoms with van der Waals surface area (Å²) in [6, 6.07) is 12.6. The van der Waals surface area contributed by atoms with E-state index in [9.17, 15) is 4.79 Å². The molecule has 0 aliphatic carbocycles. The van der Waals surface area contributed by atoms with Crippen LogP contribution in [0.15, 0.2) is 69.6 Å². The quantitative estimate of drug-likeness (QED) is 0.674. The highest BCUT2D eigenvalue weighted by Crippen LogP contribution is 2.31. The Hall–Kier alpha value is -2.44. The minimum atomic E-state index is -0.236. The van der Waals surface area contributed by atoms with Crippen LogP contribution in [-0.4, -0.2) is 23.8 Å². The fraction of sp³-hybridized carbons (Fsp3) is 0.111. The van der Waals surface area contributed by atoms with E-state index in [0.717, 1.165) is 4.90 Å². The van der Waals surface area contributed by atoms with E-state index in [1.807, 2.05) is 18.2 Å². The molecule has 2 aromatic carbocycles. The van der Waals surface area contributed by atoms with Crippen LogP contribution < -0.4 is 15.0 Å². The van der Waals surface area contributed by atoms with Crippen LogP contribution in [0.4, 0.5) is 0 Å². The van der Waals surface area contributed by atoms with Crippen LogP contribution in [0.2, 0.25) is 5.02 Å². The van der Waals surface area contributed by atoms with E-state index in [2.05, 4.69) is 4.98 Å². The van der Waals surface area contributed by atoms with Gasteiger partial charge in [0.15, 0.2) is 16.5 Å². The third-order valence-electron chi connectivity index (χ3n) is 3.50. The lowest BCUT2D eigenvalue weighted by Gasteiger charge is -2.12. The summed E-state index contributed by atoms with van der Waals surface area (Å²) in [5.74, 6) is 1.14. The van der Waals surface area contributed by atoms with E-state index in [1.165, 1.54) is 16.3 Å².